The Kier molecular flexibility index (Phi) is 3.77. The Labute approximate surface area is 126 Å². The van der Waals surface area contributed by atoms with E-state index in [-0.39, 0.29) is 17.6 Å². The normalized spacial score (nSPS) is 21.1. The van der Waals surface area contributed by atoms with E-state index in [2.05, 4.69) is 4.98 Å². The van der Waals surface area contributed by atoms with Gasteiger partial charge in [-0.3, -0.25) is 0 Å². The molecule has 1 aliphatic heterocycles. The predicted molar refractivity (Wildman–Crippen MR) is 78.3 cm³/mol. The van der Waals surface area contributed by atoms with Gasteiger partial charge >= 0.3 is 5.97 Å². The zero-order valence-electron chi connectivity index (χ0n) is 11.7. The van der Waals surface area contributed by atoms with Crippen LogP contribution in [0.3, 0.4) is 0 Å². The third-order valence-corrected chi connectivity index (χ3v) is 3.76. The van der Waals surface area contributed by atoms with E-state index in [0.717, 1.165) is 5.56 Å². The van der Waals surface area contributed by atoms with Crippen molar-refractivity contribution in [3.05, 3.63) is 59.5 Å². The van der Waals surface area contributed by atoms with Gasteiger partial charge in [0.15, 0.2) is 5.69 Å². The van der Waals surface area contributed by atoms with Crippen molar-refractivity contribution < 1.29 is 19.4 Å². The summed E-state index contributed by atoms with van der Waals surface area (Å²) in [5.41, 5.74) is 0.677. The number of carboxylic acid groups (broad SMARTS) is 1. The van der Waals surface area contributed by atoms with Crippen molar-refractivity contribution in [3.63, 3.8) is 0 Å². The van der Waals surface area contributed by atoms with E-state index in [1.807, 2.05) is 4.90 Å². The maximum Gasteiger partial charge on any atom is 0.354 e. The maximum atomic E-state index is 13.4. The molecule has 1 aromatic carbocycles. The van der Waals surface area contributed by atoms with Crippen LogP contribution in [0.4, 0.5) is 10.2 Å². The highest BCUT2D eigenvalue weighted by molar-refractivity contribution is 5.85. The van der Waals surface area contributed by atoms with Gasteiger partial charge < -0.3 is 15.1 Å². The molecule has 1 aliphatic rings. The number of benzene rings is 1. The van der Waals surface area contributed by atoms with Gasteiger partial charge in [0.2, 0.25) is 0 Å². The van der Waals surface area contributed by atoms with Crippen LogP contribution in [0.25, 0.3) is 0 Å². The number of carboxylic acids is 1. The van der Waals surface area contributed by atoms with Crippen LogP contribution in [-0.2, 0) is 0 Å². The number of hydrogen-bond donors (Lipinski definition) is 2. The molecule has 2 atom stereocenters. The van der Waals surface area contributed by atoms with Gasteiger partial charge in [-0.15, -0.1) is 0 Å². The van der Waals surface area contributed by atoms with Crippen LogP contribution < -0.4 is 4.90 Å². The highest BCUT2D eigenvalue weighted by Crippen LogP contribution is 2.35. The second kappa shape index (κ2) is 5.73. The van der Waals surface area contributed by atoms with Crippen LogP contribution in [0.15, 0.2) is 42.5 Å². The molecule has 2 N–H and O–H groups in total. The summed E-state index contributed by atoms with van der Waals surface area (Å²) >= 11 is 0. The lowest BCUT2D eigenvalue weighted by Crippen LogP contribution is -2.25. The van der Waals surface area contributed by atoms with Crippen LogP contribution in [0.1, 0.15) is 28.5 Å². The summed E-state index contributed by atoms with van der Waals surface area (Å²) in [4.78, 5) is 17.0. The fourth-order valence-electron chi connectivity index (χ4n) is 2.80. The number of hydrogen-bond acceptors (Lipinski definition) is 4. The first-order valence-corrected chi connectivity index (χ1v) is 6.95. The molecule has 5 nitrogen and oxygen atoms in total. The fraction of sp³-hybridized carbons (Fsp3) is 0.250. The minimum absolute atomic E-state index is 0.0584. The molecule has 3 rings (SSSR count). The summed E-state index contributed by atoms with van der Waals surface area (Å²) in [6, 6.07) is 10.7. The second-order valence-corrected chi connectivity index (χ2v) is 5.30. The zero-order valence-corrected chi connectivity index (χ0v) is 11.7. The molecule has 2 heterocycles. The van der Waals surface area contributed by atoms with Crippen molar-refractivity contribution in [2.24, 2.45) is 0 Å². The number of halogens is 1. The quantitative estimate of drug-likeness (QED) is 0.909. The van der Waals surface area contributed by atoms with E-state index < -0.39 is 12.1 Å². The molecule has 2 unspecified atom stereocenters. The number of rotatable bonds is 3. The lowest BCUT2D eigenvalue weighted by Gasteiger charge is -2.26. The van der Waals surface area contributed by atoms with Crippen molar-refractivity contribution in [3.8, 4) is 0 Å². The monoisotopic (exact) mass is 302 g/mol. The number of aromatic nitrogens is 1. The second-order valence-electron chi connectivity index (χ2n) is 5.30. The molecule has 22 heavy (non-hydrogen) atoms. The Bertz CT molecular complexity index is 707. The van der Waals surface area contributed by atoms with Crippen molar-refractivity contribution in [1.29, 1.82) is 0 Å². The Morgan fingerprint density at radius 2 is 2.05 bits per heavy atom. The van der Waals surface area contributed by atoms with Gasteiger partial charge in [0.1, 0.15) is 11.6 Å². The molecule has 0 amide bonds. The number of aromatic carboxylic acids is 1. The molecule has 0 spiro atoms. The van der Waals surface area contributed by atoms with Gasteiger partial charge in [-0.1, -0.05) is 18.2 Å². The van der Waals surface area contributed by atoms with Crippen LogP contribution in [0.2, 0.25) is 0 Å². The van der Waals surface area contributed by atoms with Gasteiger partial charge in [0.05, 0.1) is 12.1 Å². The molecule has 114 valence electrons. The molecule has 1 saturated heterocycles. The number of aliphatic hydroxyl groups is 1. The Morgan fingerprint density at radius 1 is 1.27 bits per heavy atom. The first-order valence-electron chi connectivity index (χ1n) is 6.95. The standard InChI is InChI=1S/C16H15FN2O3/c17-11-4-1-3-10(7-11)14-8-12(20)9-19(14)15-6-2-5-13(18-15)16(21)22/h1-7,12,14,20H,8-9H2,(H,21,22). The van der Waals surface area contributed by atoms with Crippen molar-refractivity contribution in [1.82, 2.24) is 4.98 Å². The SMILES string of the molecule is O=C(O)c1cccc(N2CC(O)CC2c2cccc(F)c2)n1. The fourth-order valence-corrected chi connectivity index (χ4v) is 2.80. The number of anilines is 1. The predicted octanol–water partition coefficient (Wildman–Crippen LogP) is 2.23. The highest BCUT2D eigenvalue weighted by atomic mass is 19.1. The van der Waals surface area contributed by atoms with Crippen LogP contribution >= 0.6 is 0 Å². The van der Waals surface area contributed by atoms with E-state index >= 15 is 0 Å². The molecule has 1 aromatic heterocycles. The minimum atomic E-state index is -1.11. The van der Waals surface area contributed by atoms with Crippen LogP contribution in [-0.4, -0.2) is 33.8 Å². The first kappa shape index (κ1) is 14.5. The average Bonchev–Trinajstić information content (AvgIpc) is 2.89. The van der Waals surface area contributed by atoms with E-state index in [4.69, 9.17) is 5.11 Å². The molecule has 6 heteroatoms. The summed E-state index contributed by atoms with van der Waals surface area (Å²) in [6.07, 6.45) is -0.119. The third-order valence-electron chi connectivity index (χ3n) is 3.76. The van der Waals surface area contributed by atoms with Gasteiger partial charge in [-0.25, -0.2) is 14.2 Å². The number of aliphatic hydroxyl groups excluding tert-OH is 1. The van der Waals surface area contributed by atoms with Crippen LogP contribution in [0.5, 0.6) is 0 Å². The summed E-state index contributed by atoms with van der Waals surface area (Å²) < 4.78 is 13.4. The van der Waals surface area contributed by atoms with Gasteiger partial charge in [-0.05, 0) is 36.2 Å². The molecule has 0 aliphatic carbocycles. The van der Waals surface area contributed by atoms with E-state index in [1.165, 1.54) is 18.2 Å². The molecule has 0 radical (unpaired) electrons. The highest BCUT2D eigenvalue weighted by Gasteiger charge is 2.33. The molecular weight excluding hydrogens is 287 g/mol. The number of nitrogens with zero attached hydrogens (tertiary/aromatic N) is 2. The Morgan fingerprint density at radius 3 is 2.77 bits per heavy atom. The van der Waals surface area contributed by atoms with E-state index in [0.29, 0.717) is 18.8 Å². The summed E-state index contributed by atoms with van der Waals surface area (Å²) in [7, 11) is 0. The summed E-state index contributed by atoms with van der Waals surface area (Å²) in [5, 5.41) is 19.0. The van der Waals surface area contributed by atoms with E-state index in [1.54, 1.807) is 24.3 Å². The molecule has 1 fully saturated rings. The first-order chi connectivity index (χ1) is 10.5. The summed E-state index contributed by atoms with van der Waals surface area (Å²) in [6.45, 7) is 0.331. The topological polar surface area (TPSA) is 73.7 Å². The average molecular weight is 302 g/mol. The lowest BCUT2D eigenvalue weighted by atomic mass is 10.0. The largest absolute Gasteiger partial charge is 0.477 e. The Hall–Kier alpha value is -2.47. The number of pyridine rings is 1. The van der Waals surface area contributed by atoms with Gasteiger partial charge in [0.25, 0.3) is 0 Å². The van der Waals surface area contributed by atoms with E-state index in [9.17, 15) is 14.3 Å². The molecule has 2 aromatic rings. The lowest BCUT2D eigenvalue weighted by molar-refractivity contribution is 0.0690. The maximum absolute atomic E-state index is 13.4. The Balaban J connectivity index is 1.97. The van der Waals surface area contributed by atoms with Crippen molar-refractivity contribution in [2.75, 3.05) is 11.4 Å². The summed E-state index contributed by atoms with van der Waals surface area (Å²) in [5.74, 6) is -0.985. The van der Waals surface area contributed by atoms with Gasteiger partial charge in [-0.2, -0.15) is 0 Å². The smallest absolute Gasteiger partial charge is 0.354 e. The molecular formula is C16H15FN2O3. The van der Waals surface area contributed by atoms with Gasteiger partial charge in [0, 0.05) is 6.54 Å². The number of β-amino-alcohol motifs (C(OH)–C–C–N with tert-alkyl or cyclic N) is 1. The molecule has 0 bridgehead atoms. The van der Waals surface area contributed by atoms with Crippen molar-refractivity contribution in [2.45, 2.75) is 18.6 Å². The van der Waals surface area contributed by atoms with Crippen LogP contribution in [0, 0.1) is 5.82 Å². The minimum Gasteiger partial charge on any atom is -0.477 e. The zero-order chi connectivity index (χ0) is 15.7. The van der Waals surface area contributed by atoms with Crippen molar-refractivity contribution >= 4 is 11.8 Å². The molecule has 0 saturated carbocycles. The number of carbonyl (C=O) groups is 1. The third kappa shape index (κ3) is 2.78.